The molecule has 1 aliphatic rings. The molecule has 28 heavy (non-hydrogen) atoms. The van der Waals surface area contributed by atoms with Crippen molar-refractivity contribution < 1.29 is 13.2 Å². The zero-order chi connectivity index (χ0) is 19.7. The van der Waals surface area contributed by atoms with Crippen molar-refractivity contribution in [2.24, 2.45) is 5.14 Å². The monoisotopic (exact) mass is 398 g/mol. The number of piperazine rings is 1. The molecule has 2 heterocycles. The van der Waals surface area contributed by atoms with Gasteiger partial charge in [0.15, 0.2) is 0 Å². The van der Waals surface area contributed by atoms with E-state index in [4.69, 9.17) is 5.14 Å². The van der Waals surface area contributed by atoms with Crippen LogP contribution in [0.5, 0.6) is 0 Å². The highest BCUT2D eigenvalue weighted by Crippen LogP contribution is 2.24. The Morgan fingerprint density at radius 2 is 1.57 bits per heavy atom. The largest absolute Gasteiger partial charge is 0.342 e. The molecule has 0 spiro atoms. The Labute approximate surface area is 164 Å². The van der Waals surface area contributed by atoms with Crippen LogP contribution in [0.3, 0.4) is 0 Å². The molecular formula is C20H22N4O3S. The van der Waals surface area contributed by atoms with Crippen molar-refractivity contribution in [2.75, 3.05) is 26.2 Å². The maximum Gasteiger partial charge on any atom is 0.277 e. The zero-order valence-electron chi connectivity index (χ0n) is 15.4. The number of hydrogen-bond donors (Lipinski definition) is 1. The van der Waals surface area contributed by atoms with Crippen LogP contribution < -0.4 is 5.14 Å². The topological polar surface area (TPSA) is 88.6 Å². The van der Waals surface area contributed by atoms with E-state index in [1.54, 1.807) is 4.90 Å². The lowest BCUT2D eigenvalue weighted by Crippen LogP contribution is -2.52. The molecular weight excluding hydrogens is 376 g/mol. The molecule has 2 N–H and O–H groups in total. The standard InChI is InChI=1S/C20H22N4O3S/c21-28(26,27)24-12-10-22(11-13-24)20(25)18-15-23(14-16-6-2-1-3-7-16)19-9-5-4-8-17(18)19/h1-9,15H,10-14H2,(H2,21,26,27). The average molecular weight is 398 g/mol. The van der Waals surface area contributed by atoms with Crippen molar-refractivity contribution in [1.82, 2.24) is 13.8 Å². The van der Waals surface area contributed by atoms with Crippen LogP contribution in [0, 0.1) is 0 Å². The Hall–Kier alpha value is -2.68. The highest BCUT2D eigenvalue weighted by molar-refractivity contribution is 7.86. The van der Waals surface area contributed by atoms with E-state index in [2.05, 4.69) is 16.7 Å². The molecule has 0 bridgehead atoms. The van der Waals surface area contributed by atoms with Crippen LogP contribution in [0.15, 0.2) is 60.8 Å². The minimum atomic E-state index is -3.71. The summed E-state index contributed by atoms with van der Waals surface area (Å²) >= 11 is 0. The molecule has 1 aromatic heterocycles. The summed E-state index contributed by atoms with van der Waals surface area (Å²) in [7, 11) is -3.71. The Morgan fingerprint density at radius 1 is 0.929 bits per heavy atom. The lowest BCUT2D eigenvalue weighted by atomic mass is 10.1. The predicted octanol–water partition coefficient (Wildman–Crippen LogP) is 1.65. The van der Waals surface area contributed by atoms with Gasteiger partial charge in [0.25, 0.3) is 16.1 Å². The molecule has 0 radical (unpaired) electrons. The van der Waals surface area contributed by atoms with Gasteiger partial charge in [0.1, 0.15) is 0 Å². The SMILES string of the molecule is NS(=O)(=O)N1CCN(C(=O)c2cn(Cc3ccccc3)c3ccccc23)CC1. The number of rotatable bonds is 4. The first-order valence-corrected chi connectivity index (χ1v) is 10.6. The number of amides is 1. The van der Waals surface area contributed by atoms with E-state index in [1.165, 1.54) is 4.31 Å². The fraction of sp³-hybridized carbons (Fsp3) is 0.250. The Kier molecular flexibility index (Phi) is 4.92. The van der Waals surface area contributed by atoms with Gasteiger partial charge in [-0.15, -0.1) is 0 Å². The molecule has 1 saturated heterocycles. The predicted molar refractivity (Wildman–Crippen MR) is 108 cm³/mol. The lowest BCUT2D eigenvalue weighted by molar-refractivity contribution is 0.0699. The zero-order valence-corrected chi connectivity index (χ0v) is 16.2. The molecule has 0 unspecified atom stereocenters. The second kappa shape index (κ2) is 7.38. The summed E-state index contributed by atoms with van der Waals surface area (Å²) in [5.41, 5.74) is 2.79. The lowest BCUT2D eigenvalue weighted by Gasteiger charge is -2.32. The number of aromatic nitrogens is 1. The third kappa shape index (κ3) is 3.66. The molecule has 0 atom stereocenters. The molecule has 0 saturated carbocycles. The molecule has 2 aromatic carbocycles. The van der Waals surface area contributed by atoms with E-state index >= 15 is 0 Å². The quantitative estimate of drug-likeness (QED) is 0.725. The van der Waals surface area contributed by atoms with Gasteiger partial charge in [0, 0.05) is 49.8 Å². The second-order valence-corrected chi connectivity index (χ2v) is 8.46. The molecule has 0 aliphatic carbocycles. The van der Waals surface area contributed by atoms with Crippen molar-refractivity contribution in [2.45, 2.75) is 6.54 Å². The summed E-state index contributed by atoms with van der Waals surface area (Å²) in [6, 6.07) is 17.9. The van der Waals surface area contributed by atoms with Crippen LogP contribution in [-0.4, -0.2) is 54.3 Å². The first kappa shape index (κ1) is 18.7. The Morgan fingerprint density at radius 3 is 2.25 bits per heavy atom. The molecule has 3 aromatic rings. The third-order valence-electron chi connectivity index (χ3n) is 5.10. The molecule has 1 amide bonds. The minimum Gasteiger partial charge on any atom is -0.342 e. The van der Waals surface area contributed by atoms with Gasteiger partial charge in [-0.25, -0.2) is 5.14 Å². The third-order valence-corrected chi connectivity index (χ3v) is 6.19. The van der Waals surface area contributed by atoms with E-state index < -0.39 is 10.2 Å². The van der Waals surface area contributed by atoms with Gasteiger partial charge < -0.3 is 9.47 Å². The maximum absolute atomic E-state index is 13.1. The number of benzene rings is 2. The van der Waals surface area contributed by atoms with Crippen molar-refractivity contribution in [3.8, 4) is 0 Å². The summed E-state index contributed by atoms with van der Waals surface area (Å²) in [6.45, 7) is 1.76. The van der Waals surface area contributed by atoms with Gasteiger partial charge >= 0.3 is 0 Å². The van der Waals surface area contributed by atoms with E-state index in [0.29, 0.717) is 25.2 Å². The molecule has 4 rings (SSSR count). The summed E-state index contributed by atoms with van der Waals surface area (Å²) < 4.78 is 26.2. The Balaban J connectivity index is 1.61. The first-order chi connectivity index (χ1) is 13.4. The van der Waals surface area contributed by atoms with Crippen LogP contribution in [-0.2, 0) is 16.8 Å². The number of nitrogens with two attached hydrogens (primary N) is 1. The number of hydrogen-bond acceptors (Lipinski definition) is 3. The van der Waals surface area contributed by atoms with Crippen molar-refractivity contribution in [3.63, 3.8) is 0 Å². The van der Waals surface area contributed by atoms with E-state index in [1.807, 2.05) is 48.7 Å². The number of carbonyl (C=O) groups excluding carboxylic acids is 1. The summed E-state index contributed by atoms with van der Waals surface area (Å²) in [5.74, 6) is -0.0860. The normalized spacial score (nSPS) is 15.8. The van der Waals surface area contributed by atoms with Gasteiger partial charge in [-0.2, -0.15) is 12.7 Å². The highest BCUT2D eigenvalue weighted by atomic mass is 32.2. The highest BCUT2D eigenvalue weighted by Gasteiger charge is 2.28. The van der Waals surface area contributed by atoms with Gasteiger partial charge in [-0.1, -0.05) is 48.5 Å². The number of carbonyl (C=O) groups is 1. The van der Waals surface area contributed by atoms with Crippen molar-refractivity contribution >= 4 is 27.0 Å². The molecule has 1 aliphatic heterocycles. The van der Waals surface area contributed by atoms with Gasteiger partial charge in [0.05, 0.1) is 5.56 Å². The van der Waals surface area contributed by atoms with Gasteiger partial charge in [-0.3, -0.25) is 4.79 Å². The number of fused-ring (bicyclic) bond motifs is 1. The number of para-hydroxylation sites is 1. The molecule has 8 heteroatoms. The summed E-state index contributed by atoms with van der Waals surface area (Å²) in [5, 5.41) is 6.09. The first-order valence-electron chi connectivity index (χ1n) is 9.12. The molecule has 7 nitrogen and oxygen atoms in total. The maximum atomic E-state index is 13.1. The molecule has 146 valence electrons. The van der Waals surface area contributed by atoms with Crippen molar-refractivity contribution in [1.29, 1.82) is 0 Å². The van der Waals surface area contributed by atoms with E-state index in [9.17, 15) is 13.2 Å². The molecule has 1 fully saturated rings. The van der Waals surface area contributed by atoms with E-state index in [-0.39, 0.29) is 19.0 Å². The fourth-order valence-corrected chi connectivity index (χ4v) is 4.32. The Bertz CT molecular complexity index is 1100. The van der Waals surface area contributed by atoms with Crippen LogP contribution in [0.4, 0.5) is 0 Å². The average Bonchev–Trinajstić information content (AvgIpc) is 3.06. The summed E-state index contributed by atoms with van der Waals surface area (Å²) in [4.78, 5) is 14.8. The van der Waals surface area contributed by atoms with Gasteiger partial charge in [-0.05, 0) is 11.6 Å². The summed E-state index contributed by atoms with van der Waals surface area (Å²) in [6.07, 6.45) is 1.89. The second-order valence-electron chi connectivity index (χ2n) is 6.91. The van der Waals surface area contributed by atoms with E-state index in [0.717, 1.165) is 16.5 Å². The van der Waals surface area contributed by atoms with Gasteiger partial charge in [0.2, 0.25) is 0 Å². The van der Waals surface area contributed by atoms with Crippen LogP contribution >= 0.6 is 0 Å². The smallest absolute Gasteiger partial charge is 0.277 e. The van der Waals surface area contributed by atoms with Crippen LogP contribution in [0.25, 0.3) is 10.9 Å². The van der Waals surface area contributed by atoms with Crippen molar-refractivity contribution in [3.05, 3.63) is 71.9 Å². The van der Waals surface area contributed by atoms with Crippen LogP contribution in [0.1, 0.15) is 15.9 Å². The fourth-order valence-electron chi connectivity index (χ4n) is 3.64. The minimum absolute atomic E-state index is 0.0860. The number of nitrogens with zero attached hydrogens (tertiary/aromatic N) is 3. The van der Waals surface area contributed by atoms with Crippen LogP contribution in [0.2, 0.25) is 0 Å².